The summed E-state index contributed by atoms with van der Waals surface area (Å²) in [7, 11) is 0. The molecule has 3 nitrogen and oxygen atoms in total. The van der Waals surface area contributed by atoms with E-state index in [4.69, 9.17) is 6.42 Å². The molecule has 0 bridgehead atoms. The fourth-order valence-electron chi connectivity index (χ4n) is 1.62. The van der Waals surface area contributed by atoms with Crippen LogP contribution in [0.25, 0.3) is 0 Å². The molecule has 0 atom stereocenters. The highest BCUT2D eigenvalue weighted by Gasteiger charge is 2.12. The summed E-state index contributed by atoms with van der Waals surface area (Å²) in [5.41, 5.74) is -0.872. The molecule has 0 unspecified atom stereocenters. The van der Waals surface area contributed by atoms with Crippen LogP contribution in [-0.4, -0.2) is 23.2 Å². The maximum atomic E-state index is 11.4. The Morgan fingerprint density at radius 2 is 1.86 bits per heavy atom. The summed E-state index contributed by atoms with van der Waals surface area (Å²) in [6.07, 6.45) is 18.6. The normalized spacial score (nSPS) is 11.2. The molecular weight excluding hydrogens is 274 g/mol. The van der Waals surface area contributed by atoms with Crippen molar-refractivity contribution in [3.63, 3.8) is 0 Å². The third-order valence-electron chi connectivity index (χ3n) is 2.75. The molecule has 0 aliphatic heterocycles. The molecule has 120 valence electrons. The highest BCUT2D eigenvalue weighted by atomic mass is 16.3. The van der Waals surface area contributed by atoms with Crippen LogP contribution in [0.1, 0.15) is 52.4 Å². The van der Waals surface area contributed by atoms with Gasteiger partial charge in [-0.2, -0.15) is 0 Å². The van der Waals surface area contributed by atoms with E-state index in [9.17, 15) is 9.90 Å². The Morgan fingerprint density at radius 3 is 2.50 bits per heavy atom. The number of unbranched alkanes of at least 4 members (excludes halogenated alkanes) is 4. The van der Waals surface area contributed by atoms with Gasteiger partial charge in [0.2, 0.25) is 5.91 Å². The van der Waals surface area contributed by atoms with Crippen LogP contribution in [-0.2, 0) is 4.79 Å². The summed E-state index contributed by atoms with van der Waals surface area (Å²) < 4.78 is 0. The van der Waals surface area contributed by atoms with Gasteiger partial charge < -0.3 is 10.4 Å². The summed E-state index contributed by atoms with van der Waals surface area (Å²) in [6, 6.07) is 0. The summed E-state index contributed by atoms with van der Waals surface area (Å²) >= 11 is 0. The first kappa shape index (κ1) is 20.0. The van der Waals surface area contributed by atoms with E-state index in [2.05, 4.69) is 29.2 Å². The van der Waals surface area contributed by atoms with E-state index >= 15 is 0 Å². The largest absolute Gasteiger partial charge is 0.389 e. The van der Waals surface area contributed by atoms with Crippen LogP contribution in [0.4, 0.5) is 0 Å². The lowest BCUT2D eigenvalue weighted by atomic mass is 10.1. The molecule has 0 fully saturated rings. The van der Waals surface area contributed by atoms with Gasteiger partial charge in [0.1, 0.15) is 0 Å². The highest BCUT2D eigenvalue weighted by molar-refractivity contribution is 5.87. The van der Waals surface area contributed by atoms with Crippen molar-refractivity contribution in [3.05, 3.63) is 24.3 Å². The molecule has 0 saturated heterocycles. The lowest BCUT2D eigenvalue weighted by molar-refractivity contribution is -0.117. The summed E-state index contributed by atoms with van der Waals surface area (Å²) in [5.74, 6) is 7.55. The molecule has 0 aromatic carbocycles. The minimum atomic E-state index is -0.872. The van der Waals surface area contributed by atoms with Crippen molar-refractivity contribution in [3.8, 4) is 24.2 Å². The lowest BCUT2D eigenvalue weighted by Gasteiger charge is -2.16. The number of nitrogens with one attached hydrogen (secondary N) is 1. The van der Waals surface area contributed by atoms with Crippen LogP contribution < -0.4 is 5.32 Å². The third-order valence-corrected chi connectivity index (χ3v) is 2.75. The molecule has 2 N–H and O–H groups in total. The Kier molecular flexibility index (Phi) is 11.6. The number of hydrogen-bond donors (Lipinski definition) is 2. The van der Waals surface area contributed by atoms with Gasteiger partial charge in [0, 0.05) is 13.0 Å². The molecule has 0 rings (SSSR count). The SMILES string of the molecule is C#CC#CCC=CCCCCCC=CC(=O)NCC(C)(C)O. The van der Waals surface area contributed by atoms with Gasteiger partial charge in [-0.05, 0) is 57.4 Å². The first-order chi connectivity index (χ1) is 10.5. The summed E-state index contributed by atoms with van der Waals surface area (Å²) in [4.78, 5) is 11.4. The number of carbonyl (C=O) groups excluding carboxylic acids is 1. The zero-order valence-corrected chi connectivity index (χ0v) is 13.7. The van der Waals surface area contributed by atoms with Gasteiger partial charge in [-0.1, -0.05) is 30.6 Å². The van der Waals surface area contributed by atoms with Gasteiger partial charge in [-0.3, -0.25) is 4.79 Å². The Hall–Kier alpha value is -1.97. The van der Waals surface area contributed by atoms with E-state index in [0.717, 1.165) is 32.1 Å². The van der Waals surface area contributed by atoms with E-state index in [-0.39, 0.29) is 12.5 Å². The molecule has 0 radical (unpaired) electrons. The van der Waals surface area contributed by atoms with E-state index < -0.39 is 5.60 Å². The van der Waals surface area contributed by atoms with Crippen LogP contribution in [0, 0.1) is 24.2 Å². The molecule has 3 heteroatoms. The second-order valence-electron chi connectivity index (χ2n) is 5.69. The Balaban J connectivity index is 3.51. The topological polar surface area (TPSA) is 49.3 Å². The average Bonchev–Trinajstić information content (AvgIpc) is 2.45. The van der Waals surface area contributed by atoms with Crippen molar-refractivity contribution < 1.29 is 9.90 Å². The summed E-state index contributed by atoms with van der Waals surface area (Å²) in [6.45, 7) is 3.58. The van der Waals surface area contributed by atoms with Crippen LogP contribution in [0.2, 0.25) is 0 Å². The standard InChI is InChI=1S/C19H27NO2/c1-4-5-6-7-8-9-10-11-12-13-14-15-16-18(21)20-17-19(2,3)22/h1,8-9,15-16,22H,7,10-14,17H2,2-3H3,(H,20,21). The van der Waals surface area contributed by atoms with E-state index in [0.29, 0.717) is 6.42 Å². The monoisotopic (exact) mass is 301 g/mol. The zero-order valence-electron chi connectivity index (χ0n) is 13.7. The van der Waals surface area contributed by atoms with Gasteiger partial charge in [-0.15, -0.1) is 6.42 Å². The van der Waals surface area contributed by atoms with Crippen molar-refractivity contribution >= 4 is 5.91 Å². The van der Waals surface area contributed by atoms with Crippen molar-refractivity contribution in [2.45, 2.75) is 58.0 Å². The smallest absolute Gasteiger partial charge is 0.243 e. The number of allylic oxidation sites excluding steroid dienone is 3. The average molecular weight is 301 g/mol. The maximum absolute atomic E-state index is 11.4. The van der Waals surface area contributed by atoms with E-state index in [1.54, 1.807) is 13.8 Å². The second-order valence-corrected chi connectivity index (χ2v) is 5.69. The second kappa shape index (κ2) is 12.7. The van der Waals surface area contributed by atoms with Crippen molar-refractivity contribution in [1.29, 1.82) is 0 Å². The highest BCUT2D eigenvalue weighted by Crippen LogP contribution is 2.04. The predicted molar refractivity (Wildman–Crippen MR) is 91.9 cm³/mol. The van der Waals surface area contributed by atoms with Crippen LogP contribution in [0.15, 0.2) is 24.3 Å². The number of amides is 1. The molecule has 0 aliphatic carbocycles. The minimum Gasteiger partial charge on any atom is -0.389 e. The quantitative estimate of drug-likeness (QED) is 0.282. The van der Waals surface area contributed by atoms with Crippen molar-refractivity contribution in [2.75, 3.05) is 6.54 Å². The minimum absolute atomic E-state index is 0.155. The third kappa shape index (κ3) is 16.1. The van der Waals surface area contributed by atoms with Gasteiger partial charge in [-0.25, -0.2) is 0 Å². The number of hydrogen-bond acceptors (Lipinski definition) is 2. The number of terminal acetylenes is 1. The Bertz CT molecular complexity index is 464. The zero-order chi connectivity index (χ0) is 16.7. The van der Waals surface area contributed by atoms with Crippen molar-refractivity contribution in [2.24, 2.45) is 0 Å². The predicted octanol–water partition coefficient (Wildman–Crippen LogP) is 2.96. The number of carbonyl (C=O) groups is 1. The first-order valence-electron chi connectivity index (χ1n) is 7.71. The van der Waals surface area contributed by atoms with Crippen LogP contribution >= 0.6 is 0 Å². The van der Waals surface area contributed by atoms with Crippen LogP contribution in [0.5, 0.6) is 0 Å². The lowest BCUT2D eigenvalue weighted by Crippen LogP contribution is -2.37. The molecular formula is C19H27NO2. The van der Waals surface area contributed by atoms with E-state index in [1.165, 1.54) is 6.08 Å². The molecule has 22 heavy (non-hydrogen) atoms. The van der Waals surface area contributed by atoms with Gasteiger partial charge in [0.05, 0.1) is 5.60 Å². The molecule has 0 aromatic rings. The summed E-state index contributed by atoms with van der Waals surface area (Å²) in [5, 5.41) is 12.1. The fourth-order valence-corrected chi connectivity index (χ4v) is 1.62. The molecule has 0 heterocycles. The van der Waals surface area contributed by atoms with Gasteiger partial charge in [0.15, 0.2) is 0 Å². The maximum Gasteiger partial charge on any atom is 0.243 e. The molecule has 0 aromatic heterocycles. The van der Waals surface area contributed by atoms with Crippen molar-refractivity contribution in [1.82, 2.24) is 5.32 Å². The molecule has 0 aliphatic rings. The van der Waals surface area contributed by atoms with E-state index in [1.807, 2.05) is 12.2 Å². The van der Waals surface area contributed by atoms with Gasteiger partial charge in [0.25, 0.3) is 0 Å². The molecule has 1 amide bonds. The first-order valence-corrected chi connectivity index (χ1v) is 7.71. The molecule has 0 saturated carbocycles. The number of rotatable bonds is 10. The Morgan fingerprint density at radius 1 is 1.18 bits per heavy atom. The Labute approximate surface area is 134 Å². The van der Waals surface area contributed by atoms with Gasteiger partial charge >= 0.3 is 0 Å². The molecule has 0 spiro atoms. The van der Waals surface area contributed by atoms with Crippen LogP contribution in [0.3, 0.4) is 0 Å². The fraction of sp³-hybridized carbons (Fsp3) is 0.526. The number of aliphatic hydroxyl groups is 1.